The van der Waals surface area contributed by atoms with E-state index in [1.165, 1.54) is 0 Å². The molecule has 0 bridgehead atoms. The van der Waals surface area contributed by atoms with Crippen molar-refractivity contribution >= 4 is 11.8 Å². The van der Waals surface area contributed by atoms with E-state index in [-0.39, 0.29) is 35.7 Å². The second-order valence-corrected chi connectivity index (χ2v) is 4.60. The number of rotatable bonds is 3. The molecule has 1 saturated heterocycles. The predicted octanol–water partition coefficient (Wildman–Crippen LogP) is 0.672. The van der Waals surface area contributed by atoms with Gasteiger partial charge in [0, 0.05) is 0 Å². The second-order valence-electron chi connectivity index (χ2n) is 4.60. The third-order valence-corrected chi connectivity index (χ3v) is 3.04. The van der Waals surface area contributed by atoms with Crippen LogP contribution in [0.4, 0.5) is 0 Å². The highest BCUT2D eigenvalue weighted by Crippen LogP contribution is 2.14. The summed E-state index contributed by atoms with van der Waals surface area (Å²) < 4.78 is 0. The Morgan fingerprint density at radius 1 is 1.07 bits per heavy atom. The molecule has 0 aromatic heterocycles. The van der Waals surface area contributed by atoms with Crippen LogP contribution in [-0.2, 0) is 9.59 Å². The van der Waals surface area contributed by atoms with Gasteiger partial charge in [-0.1, -0.05) is 34.1 Å². The molecule has 15 heavy (non-hydrogen) atoms. The van der Waals surface area contributed by atoms with Gasteiger partial charge in [0.1, 0.15) is 12.1 Å². The van der Waals surface area contributed by atoms with Crippen molar-refractivity contribution < 1.29 is 9.59 Å². The van der Waals surface area contributed by atoms with E-state index in [1.54, 1.807) is 0 Å². The summed E-state index contributed by atoms with van der Waals surface area (Å²) in [5.74, 6) is 0.200. The van der Waals surface area contributed by atoms with Crippen LogP contribution in [0.2, 0.25) is 0 Å². The Bertz CT molecular complexity index is 263. The third kappa shape index (κ3) is 2.49. The first-order valence-corrected chi connectivity index (χ1v) is 5.58. The largest absolute Gasteiger partial charge is 0.342 e. The van der Waals surface area contributed by atoms with Gasteiger partial charge in [-0.25, -0.2) is 0 Å². The van der Waals surface area contributed by atoms with E-state index in [9.17, 15) is 9.59 Å². The molecule has 1 fully saturated rings. The Morgan fingerprint density at radius 2 is 1.53 bits per heavy atom. The van der Waals surface area contributed by atoms with Crippen LogP contribution in [0.1, 0.15) is 34.1 Å². The summed E-state index contributed by atoms with van der Waals surface area (Å²) in [6, 6.07) is -0.740. The highest BCUT2D eigenvalue weighted by atomic mass is 16.2. The lowest BCUT2D eigenvalue weighted by Gasteiger charge is -2.34. The van der Waals surface area contributed by atoms with Crippen molar-refractivity contribution in [2.45, 2.75) is 46.2 Å². The molecular formula is C11H20N2O2. The van der Waals surface area contributed by atoms with Crippen LogP contribution in [0.15, 0.2) is 0 Å². The van der Waals surface area contributed by atoms with Gasteiger partial charge in [-0.05, 0) is 11.8 Å². The number of carbonyl (C=O) groups is 2. The van der Waals surface area contributed by atoms with Gasteiger partial charge in [-0.15, -0.1) is 0 Å². The average molecular weight is 212 g/mol. The molecule has 2 amide bonds. The standard InChI is InChI=1S/C11H20N2O2/c1-5-7(4)9-11(15)12-8(6(2)3)10(14)13-9/h6-9H,5H2,1-4H3,(H,12,15)(H,13,14)/t7-,8-,9+/m0/s1. The summed E-state index contributed by atoms with van der Waals surface area (Å²) in [5, 5.41) is 5.58. The van der Waals surface area contributed by atoms with E-state index in [4.69, 9.17) is 0 Å². The van der Waals surface area contributed by atoms with E-state index in [1.807, 2.05) is 27.7 Å². The van der Waals surface area contributed by atoms with Crippen molar-refractivity contribution in [1.29, 1.82) is 0 Å². The molecule has 0 aliphatic carbocycles. The van der Waals surface area contributed by atoms with Crippen LogP contribution in [0.5, 0.6) is 0 Å². The zero-order valence-electron chi connectivity index (χ0n) is 9.83. The Kier molecular flexibility index (Phi) is 3.72. The number of piperazine rings is 1. The maximum absolute atomic E-state index is 11.7. The van der Waals surface area contributed by atoms with Crippen LogP contribution in [-0.4, -0.2) is 23.9 Å². The maximum Gasteiger partial charge on any atom is 0.243 e. The fraction of sp³-hybridized carbons (Fsp3) is 0.818. The first-order valence-electron chi connectivity index (χ1n) is 5.58. The van der Waals surface area contributed by atoms with Crippen molar-refractivity contribution in [1.82, 2.24) is 10.6 Å². The fourth-order valence-electron chi connectivity index (χ4n) is 1.72. The van der Waals surface area contributed by atoms with E-state index in [0.29, 0.717) is 0 Å². The third-order valence-electron chi connectivity index (χ3n) is 3.04. The lowest BCUT2D eigenvalue weighted by Crippen LogP contribution is -2.64. The molecule has 1 aliphatic heterocycles. The van der Waals surface area contributed by atoms with E-state index < -0.39 is 0 Å². The van der Waals surface area contributed by atoms with Crippen molar-refractivity contribution in [2.75, 3.05) is 0 Å². The summed E-state index contributed by atoms with van der Waals surface area (Å²) in [6.07, 6.45) is 0.880. The molecule has 0 aromatic rings. The minimum Gasteiger partial charge on any atom is -0.342 e. The Labute approximate surface area is 90.8 Å². The van der Waals surface area contributed by atoms with Crippen molar-refractivity contribution in [3.63, 3.8) is 0 Å². The molecule has 4 heteroatoms. The van der Waals surface area contributed by atoms with Crippen LogP contribution in [0, 0.1) is 11.8 Å². The normalized spacial score (nSPS) is 28.6. The highest BCUT2D eigenvalue weighted by Gasteiger charge is 2.37. The number of hydrogen-bond donors (Lipinski definition) is 2. The molecule has 3 atom stereocenters. The van der Waals surface area contributed by atoms with Crippen molar-refractivity contribution in [2.24, 2.45) is 11.8 Å². The van der Waals surface area contributed by atoms with Gasteiger partial charge in [-0.3, -0.25) is 9.59 Å². The van der Waals surface area contributed by atoms with Gasteiger partial charge in [0.2, 0.25) is 11.8 Å². The molecule has 1 heterocycles. The molecule has 0 spiro atoms. The molecular weight excluding hydrogens is 192 g/mol. The molecule has 1 rings (SSSR count). The smallest absolute Gasteiger partial charge is 0.243 e. The SMILES string of the molecule is CC[C@H](C)[C@H]1NC(=O)[C@H](C(C)C)NC1=O. The van der Waals surface area contributed by atoms with Gasteiger partial charge in [0.05, 0.1) is 0 Å². The van der Waals surface area contributed by atoms with Crippen LogP contribution in [0.25, 0.3) is 0 Å². The number of amides is 2. The van der Waals surface area contributed by atoms with E-state index in [0.717, 1.165) is 6.42 Å². The highest BCUT2D eigenvalue weighted by molar-refractivity contribution is 5.97. The number of carbonyl (C=O) groups excluding carboxylic acids is 2. The summed E-state index contributed by atoms with van der Waals surface area (Å²) in [7, 11) is 0. The molecule has 2 N–H and O–H groups in total. The Morgan fingerprint density at radius 3 is 2.00 bits per heavy atom. The maximum atomic E-state index is 11.7. The van der Waals surface area contributed by atoms with Gasteiger partial charge < -0.3 is 10.6 Å². The van der Waals surface area contributed by atoms with Gasteiger partial charge in [0.25, 0.3) is 0 Å². The summed E-state index contributed by atoms with van der Waals surface area (Å²) in [5.41, 5.74) is 0. The predicted molar refractivity (Wildman–Crippen MR) is 58.2 cm³/mol. The molecule has 0 unspecified atom stereocenters. The first-order chi connectivity index (χ1) is 6.97. The first kappa shape index (κ1) is 12.0. The van der Waals surface area contributed by atoms with Crippen LogP contribution < -0.4 is 10.6 Å². The lowest BCUT2D eigenvalue weighted by molar-refractivity contribution is -0.139. The van der Waals surface area contributed by atoms with Crippen LogP contribution >= 0.6 is 0 Å². The lowest BCUT2D eigenvalue weighted by atomic mass is 9.93. The topological polar surface area (TPSA) is 58.2 Å². The quantitative estimate of drug-likeness (QED) is 0.722. The number of hydrogen-bond acceptors (Lipinski definition) is 2. The fourth-order valence-corrected chi connectivity index (χ4v) is 1.72. The Hall–Kier alpha value is -1.06. The molecule has 1 aliphatic rings. The summed E-state index contributed by atoms with van der Waals surface area (Å²) >= 11 is 0. The van der Waals surface area contributed by atoms with Crippen molar-refractivity contribution in [3.8, 4) is 0 Å². The number of nitrogens with one attached hydrogen (secondary N) is 2. The molecule has 0 aromatic carbocycles. The van der Waals surface area contributed by atoms with Crippen molar-refractivity contribution in [3.05, 3.63) is 0 Å². The average Bonchev–Trinajstić information content (AvgIpc) is 2.19. The van der Waals surface area contributed by atoms with E-state index in [2.05, 4.69) is 10.6 Å². The monoisotopic (exact) mass is 212 g/mol. The zero-order chi connectivity index (χ0) is 11.6. The molecule has 4 nitrogen and oxygen atoms in total. The summed E-state index contributed by atoms with van der Waals surface area (Å²) in [4.78, 5) is 23.4. The minimum atomic E-state index is -0.377. The molecule has 0 saturated carbocycles. The molecule has 0 radical (unpaired) electrons. The van der Waals surface area contributed by atoms with Gasteiger partial charge in [0.15, 0.2) is 0 Å². The minimum absolute atomic E-state index is 0.0531. The van der Waals surface area contributed by atoms with Gasteiger partial charge >= 0.3 is 0 Å². The zero-order valence-corrected chi connectivity index (χ0v) is 9.83. The second kappa shape index (κ2) is 4.64. The Balaban J connectivity index is 2.71. The summed E-state index contributed by atoms with van der Waals surface area (Å²) in [6.45, 7) is 7.83. The van der Waals surface area contributed by atoms with Gasteiger partial charge in [-0.2, -0.15) is 0 Å². The van der Waals surface area contributed by atoms with Crippen LogP contribution in [0.3, 0.4) is 0 Å². The molecule has 86 valence electrons. The van der Waals surface area contributed by atoms with E-state index >= 15 is 0 Å².